The van der Waals surface area contributed by atoms with Crippen molar-refractivity contribution < 1.29 is 23.9 Å². The van der Waals surface area contributed by atoms with Crippen LogP contribution in [0, 0.1) is 15.5 Å². The van der Waals surface area contributed by atoms with E-state index < -0.39 is 10.3 Å². The molecule has 0 saturated carbocycles. The Hall–Kier alpha value is -2.96. The van der Waals surface area contributed by atoms with Crippen LogP contribution in [0.2, 0.25) is 0 Å². The van der Waals surface area contributed by atoms with Crippen LogP contribution in [0.3, 0.4) is 0 Å². The van der Waals surface area contributed by atoms with Gasteiger partial charge in [0.25, 0.3) is 0 Å². The molecule has 0 amide bonds. The molecule has 2 rings (SSSR count). The minimum absolute atomic E-state index is 0.110. The molecular weight excluding hydrogens is 338 g/mol. The van der Waals surface area contributed by atoms with Crippen molar-refractivity contribution in [1.82, 2.24) is 0 Å². The van der Waals surface area contributed by atoms with Crippen molar-refractivity contribution >= 4 is 11.3 Å². The topological polar surface area (TPSA) is 80.1 Å². The maximum atomic E-state index is 11.3. The molecule has 0 saturated heterocycles. The highest BCUT2D eigenvalue weighted by atomic mass is 16.6. The molecule has 0 aromatic heterocycles. The first-order valence-corrected chi connectivity index (χ1v) is 7.91. The number of hydrogen-bond acceptors (Lipinski definition) is 6. The van der Waals surface area contributed by atoms with E-state index in [1.54, 1.807) is 33.5 Å². The van der Waals surface area contributed by atoms with Gasteiger partial charge < -0.3 is 18.9 Å². The fourth-order valence-electron chi connectivity index (χ4n) is 3.03. The molecule has 140 valence electrons. The summed E-state index contributed by atoms with van der Waals surface area (Å²) < 4.78 is 21.4. The van der Waals surface area contributed by atoms with Gasteiger partial charge in [0.2, 0.25) is 0 Å². The molecule has 1 unspecified atom stereocenters. The fourth-order valence-corrected chi connectivity index (χ4v) is 3.03. The molecule has 0 spiro atoms. The summed E-state index contributed by atoms with van der Waals surface area (Å²) >= 11 is 0. The van der Waals surface area contributed by atoms with E-state index in [0.29, 0.717) is 34.8 Å². The number of methoxy groups -OCH3 is 4. The van der Waals surface area contributed by atoms with Gasteiger partial charge in [-0.2, -0.15) is 0 Å². The van der Waals surface area contributed by atoms with Crippen LogP contribution < -0.4 is 4.74 Å². The molecule has 0 bridgehead atoms. The Bertz CT molecular complexity index is 795. The number of allylic oxidation sites excluding steroid dienone is 3. The molecule has 0 aliphatic heterocycles. The van der Waals surface area contributed by atoms with E-state index in [1.807, 2.05) is 13.0 Å². The van der Waals surface area contributed by atoms with E-state index in [2.05, 4.69) is 6.58 Å². The fraction of sp³-hybridized carbons (Fsp3) is 0.368. The highest BCUT2D eigenvalue weighted by molar-refractivity contribution is 5.74. The Morgan fingerprint density at radius 2 is 1.85 bits per heavy atom. The number of hydrogen-bond donors (Lipinski definition) is 0. The Morgan fingerprint density at radius 1 is 1.15 bits per heavy atom. The monoisotopic (exact) mass is 361 g/mol. The summed E-state index contributed by atoms with van der Waals surface area (Å²) in [5, 5.41) is 11.3. The Labute approximate surface area is 152 Å². The molecule has 1 aliphatic carbocycles. The molecule has 1 aliphatic rings. The Morgan fingerprint density at radius 3 is 2.35 bits per heavy atom. The van der Waals surface area contributed by atoms with Gasteiger partial charge in [-0.05, 0) is 23.3 Å². The van der Waals surface area contributed by atoms with E-state index in [0.717, 1.165) is 0 Å². The standard InChI is InChI=1S/C19H23NO6/c1-12(13-7-8-15(23-3)14(9-13)20(21)22)19(2)10-16(24-4)18(26-6)17(11-19)25-5/h7-10H,1,11H2,2-6H3. The first kappa shape index (κ1) is 19.4. The predicted octanol–water partition coefficient (Wildman–Crippen LogP) is 4.06. The van der Waals surface area contributed by atoms with Crippen LogP contribution in [0.1, 0.15) is 18.9 Å². The van der Waals surface area contributed by atoms with Crippen LogP contribution in [0.15, 0.2) is 48.1 Å². The minimum Gasteiger partial charge on any atom is -0.497 e. The molecule has 26 heavy (non-hydrogen) atoms. The third-order valence-electron chi connectivity index (χ3n) is 4.54. The average Bonchev–Trinajstić information content (AvgIpc) is 2.65. The second kappa shape index (κ2) is 7.51. The molecule has 0 radical (unpaired) electrons. The van der Waals surface area contributed by atoms with Gasteiger partial charge in [-0.3, -0.25) is 10.1 Å². The van der Waals surface area contributed by atoms with Gasteiger partial charge in [-0.1, -0.05) is 19.6 Å². The lowest BCUT2D eigenvalue weighted by molar-refractivity contribution is -0.385. The molecule has 0 heterocycles. The van der Waals surface area contributed by atoms with Crippen molar-refractivity contribution in [1.29, 1.82) is 0 Å². The summed E-state index contributed by atoms with van der Waals surface area (Å²) in [5.41, 5.74) is 0.661. The van der Waals surface area contributed by atoms with Crippen molar-refractivity contribution in [3.63, 3.8) is 0 Å². The first-order valence-electron chi connectivity index (χ1n) is 7.91. The zero-order chi connectivity index (χ0) is 19.5. The van der Waals surface area contributed by atoms with Gasteiger partial charge in [0.1, 0.15) is 5.76 Å². The van der Waals surface area contributed by atoms with Crippen molar-refractivity contribution in [2.24, 2.45) is 5.41 Å². The van der Waals surface area contributed by atoms with E-state index in [4.69, 9.17) is 18.9 Å². The normalized spacial score (nSPS) is 19.5. The number of rotatable bonds is 7. The molecule has 1 aromatic rings. The molecular formula is C19H23NO6. The largest absolute Gasteiger partial charge is 0.497 e. The third-order valence-corrected chi connectivity index (χ3v) is 4.54. The van der Waals surface area contributed by atoms with Gasteiger partial charge in [0.15, 0.2) is 17.3 Å². The summed E-state index contributed by atoms with van der Waals surface area (Å²) in [6, 6.07) is 4.79. The predicted molar refractivity (Wildman–Crippen MR) is 97.5 cm³/mol. The smallest absolute Gasteiger partial charge is 0.311 e. The van der Waals surface area contributed by atoms with Gasteiger partial charge in [-0.15, -0.1) is 0 Å². The molecule has 1 aromatic carbocycles. The quantitative estimate of drug-likeness (QED) is 0.538. The lowest BCUT2D eigenvalue weighted by atomic mass is 9.73. The molecule has 7 nitrogen and oxygen atoms in total. The van der Waals surface area contributed by atoms with Crippen molar-refractivity contribution in [3.05, 3.63) is 63.8 Å². The number of nitrogens with zero attached hydrogens (tertiary/aromatic N) is 1. The summed E-state index contributed by atoms with van der Waals surface area (Å²) in [6.45, 7) is 6.15. The molecule has 0 N–H and O–H groups in total. The molecule has 1 atom stereocenters. The zero-order valence-corrected chi connectivity index (χ0v) is 15.6. The van der Waals surface area contributed by atoms with Crippen LogP contribution in [-0.2, 0) is 14.2 Å². The number of nitro groups is 1. The summed E-state index contributed by atoms with van der Waals surface area (Å²) in [7, 11) is 6.06. The van der Waals surface area contributed by atoms with E-state index in [1.165, 1.54) is 13.2 Å². The van der Waals surface area contributed by atoms with Crippen LogP contribution >= 0.6 is 0 Å². The average molecular weight is 361 g/mol. The SMILES string of the molecule is C=C(c1ccc(OC)c([N+](=O)[O-])c1)C1(C)C=C(OC)C(OC)=C(OC)C1. The molecule has 0 fully saturated rings. The van der Waals surface area contributed by atoms with Gasteiger partial charge in [0.05, 0.1) is 33.4 Å². The first-order chi connectivity index (χ1) is 12.3. The maximum Gasteiger partial charge on any atom is 0.311 e. The Kier molecular flexibility index (Phi) is 5.59. The van der Waals surface area contributed by atoms with Crippen molar-refractivity contribution in [2.75, 3.05) is 28.4 Å². The van der Waals surface area contributed by atoms with Gasteiger partial charge in [0, 0.05) is 17.9 Å². The van der Waals surface area contributed by atoms with Crippen LogP contribution in [0.5, 0.6) is 5.75 Å². The van der Waals surface area contributed by atoms with Crippen LogP contribution in [0.4, 0.5) is 5.69 Å². The van der Waals surface area contributed by atoms with Gasteiger partial charge in [-0.25, -0.2) is 0 Å². The van der Waals surface area contributed by atoms with Crippen LogP contribution in [0.25, 0.3) is 5.57 Å². The second-order valence-corrected chi connectivity index (χ2v) is 6.09. The number of nitro benzene ring substituents is 1. The van der Waals surface area contributed by atoms with E-state index in [9.17, 15) is 10.1 Å². The maximum absolute atomic E-state index is 11.3. The van der Waals surface area contributed by atoms with E-state index >= 15 is 0 Å². The third kappa shape index (κ3) is 3.37. The second-order valence-electron chi connectivity index (χ2n) is 6.09. The van der Waals surface area contributed by atoms with Crippen molar-refractivity contribution in [3.8, 4) is 5.75 Å². The summed E-state index contributed by atoms with van der Waals surface area (Å²) in [6.07, 6.45) is 2.38. The number of benzene rings is 1. The van der Waals surface area contributed by atoms with Crippen LogP contribution in [-0.4, -0.2) is 33.4 Å². The Balaban J connectivity index is 2.49. The summed E-state index contributed by atoms with van der Waals surface area (Å²) in [4.78, 5) is 10.8. The summed E-state index contributed by atoms with van der Waals surface area (Å²) in [5.74, 6) is 1.88. The molecule has 7 heteroatoms. The highest BCUT2D eigenvalue weighted by Gasteiger charge is 2.36. The van der Waals surface area contributed by atoms with E-state index in [-0.39, 0.29) is 11.4 Å². The lowest BCUT2D eigenvalue weighted by Crippen LogP contribution is -2.23. The highest BCUT2D eigenvalue weighted by Crippen LogP contribution is 2.47. The minimum atomic E-state index is -0.568. The zero-order valence-electron chi connectivity index (χ0n) is 15.6. The number of ether oxygens (including phenoxy) is 4. The lowest BCUT2D eigenvalue weighted by Gasteiger charge is -2.34. The van der Waals surface area contributed by atoms with Gasteiger partial charge >= 0.3 is 5.69 Å². The van der Waals surface area contributed by atoms with Crippen molar-refractivity contribution in [2.45, 2.75) is 13.3 Å².